The van der Waals surface area contributed by atoms with Crippen LogP contribution in [-0.2, 0) is 23.7 Å². The number of fused-ring (bicyclic) bond motifs is 1. The summed E-state index contributed by atoms with van der Waals surface area (Å²) < 4.78 is 21.7. The van der Waals surface area contributed by atoms with E-state index in [4.69, 9.17) is 18.9 Å². The molecule has 2 heterocycles. The van der Waals surface area contributed by atoms with Crippen molar-refractivity contribution in [1.29, 1.82) is 0 Å². The van der Waals surface area contributed by atoms with Crippen molar-refractivity contribution in [2.75, 3.05) is 6.61 Å². The number of esters is 1. The predicted molar refractivity (Wildman–Crippen MR) is 88.1 cm³/mol. The Morgan fingerprint density at radius 3 is 2.46 bits per heavy atom. The molecular formula is C17H26O11. The predicted octanol–water partition coefficient (Wildman–Crippen LogP) is -2.89. The summed E-state index contributed by atoms with van der Waals surface area (Å²) in [4.78, 5) is 11.6. The minimum absolute atomic E-state index is 0.101. The van der Waals surface area contributed by atoms with Gasteiger partial charge >= 0.3 is 5.97 Å². The van der Waals surface area contributed by atoms with Gasteiger partial charge in [-0.25, -0.2) is 0 Å². The quantitative estimate of drug-likeness (QED) is 0.264. The van der Waals surface area contributed by atoms with Crippen molar-refractivity contribution in [3.8, 4) is 0 Å². The lowest BCUT2D eigenvalue weighted by molar-refractivity contribution is -0.351. The normalized spacial score (nSPS) is 50.7. The maximum atomic E-state index is 11.6. The first-order valence-corrected chi connectivity index (χ1v) is 8.92. The van der Waals surface area contributed by atoms with Gasteiger partial charge in [0, 0.05) is 13.3 Å². The largest absolute Gasteiger partial charge is 0.472 e. The smallest absolute Gasteiger partial charge is 0.303 e. The molecule has 3 rings (SSSR count). The third-order valence-corrected chi connectivity index (χ3v) is 5.60. The van der Waals surface area contributed by atoms with E-state index in [-0.39, 0.29) is 6.42 Å². The van der Waals surface area contributed by atoms with Crippen molar-refractivity contribution >= 4 is 5.97 Å². The fourth-order valence-corrected chi connectivity index (χ4v) is 4.25. The molecule has 1 aliphatic carbocycles. The minimum Gasteiger partial charge on any atom is -0.472 e. The van der Waals surface area contributed by atoms with Gasteiger partial charge in [-0.05, 0) is 13.0 Å². The Morgan fingerprint density at radius 1 is 1.18 bits per heavy atom. The van der Waals surface area contributed by atoms with Gasteiger partial charge < -0.3 is 49.6 Å². The molecule has 2 fully saturated rings. The second kappa shape index (κ2) is 7.50. The number of aliphatic hydroxyl groups is 6. The Hall–Kier alpha value is -1.31. The van der Waals surface area contributed by atoms with Crippen LogP contribution in [0.4, 0.5) is 0 Å². The van der Waals surface area contributed by atoms with Gasteiger partial charge in [0.1, 0.15) is 35.6 Å². The van der Waals surface area contributed by atoms with Crippen molar-refractivity contribution in [3.63, 3.8) is 0 Å². The number of hydrogen-bond acceptors (Lipinski definition) is 11. The van der Waals surface area contributed by atoms with Crippen LogP contribution in [0.15, 0.2) is 12.3 Å². The van der Waals surface area contributed by atoms with Crippen LogP contribution in [0.1, 0.15) is 20.3 Å². The third-order valence-electron chi connectivity index (χ3n) is 5.60. The van der Waals surface area contributed by atoms with Gasteiger partial charge in [-0.3, -0.25) is 4.79 Å². The third kappa shape index (κ3) is 3.42. The van der Waals surface area contributed by atoms with Crippen LogP contribution in [0, 0.1) is 5.92 Å². The summed E-state index contributed by atoms with van der Waals surface area (Å²) in [6.45, 7) is 2.04. The Bertz CT molecular complexity index is 624. The summed E-state index contributed by atoms with van der Waals surface area (Å²) in [6, 6.07) is 0. The molecule has 2 aliphatic heterocycles. The highest BCUT2D eigenvalue weighted by molar-refractivity contribution is 5.66. The Kier molecular flexibility index (Phi) is 5.73. The van der Waals surface area contributed by atoms with Crippen molar-refractivity contribution in [1.82, 2.24) is 0 Å². The number of aliphatic hydroxyl groups excluding tert-OH is 5. The highest BCUT2D eigenvalue weighted by atomic mass is 16.8. The van der Waals surface area contributed by atoms with E-state index in [2.05, 4.69) is 0 Å². The highest BCUT2D eigenvalue weighted by Gasteiger charge is 2.66. The lowest BCUT2D eigenvalue weighted by Gasteiger charge is -2.45. The summed E-state index contributed by atoms with van der Waals surface area (Å²) in [5.41, 5.74) is -3.22. The molecule has 0 aromatic carbocycles. The molecule has 1 saturated carbocycles. The van der Waals surface area contributed by atoms with E-state index in [1.54, 1.807) is 0 Å². The number of rotatable bonds is 4. The van der Waals surface area contributed by atoms with Crippen molar-refractivity contribution < 1.29 is 54.4 Å². The zero-order valence-corrected chi connectivity index (χ0v) is 15.4. The topological polar surface area (TPSA) is 175 Å². The standard InChI is InChI=1S/C17H26O11/c1-7(19)28-16(2)5-9(20)17(24)3-4-25-15(13(16)17)27-14-12(23)11(22)10(21)8(6-18)26-14/h3-4,8-15,18,20-24H,5-6H2,1-2H3/t8-,9+,10-,11+,12-,13+,14+,15-,16-,17+/m0/s1. The number of ether oxygens (including phenoxy) is 4. The van der Waals surface area contributed by atoms with E-state index in [9.17, 15) is 35.4 Å². The first-order chi connectivity index (χ1) is 13.0. The fraction of sp³-hybridized carbons (Fsp3) is 0.824. The van der Waals surface area contributed by atoms with E-state index in [0.717, 1.165) is 6.26 Å². The molecule has 0 radical (unpaired) electrons. The zero-order valence-electron chi connectivity index (χ0n) is 15.4. The fourth-order valence-electron chi connectivity index (χ4n) is 4.25. The summed E-state index contributed by atoms with van der Waals surface area (Å²) in [5, 5.41) is 60.6. The first-order valence-electron chi connectivity index (χ1n) is 8.92. The maximum absolute atomic E-state index is 11.6. The number of carbonyl (C=O) groups excluding carboxylic acids is 1. The molecule has 11 nitrogen and oxygen atoms in total. The second-order valence-corrected chi connectivity index (χ2v) is 7.63. The molecule has 1 saturated heterocycles. The Morgan fingerprint density at radius 2 is 1.86 bits per heavy atom. The lowest BCUT2D eigenvalue weighted by atomic mass is 9.81. The lowest BCUT2D eigenvalue weighted by Crippen LogP contribution is -2.62. The number of hydrogen-bond donors (Lipinski definition) is 6. The van der Waals surface area contributed by atoms with Crippen LogP contribution in [0.5, 0.6) is 0 Å². The van der Waals surface area contributed by atoms with Crippen LogP contribution in [0.2, 0.25) is 0 Å². The number of carbonyl (C=O) groups is 1. The molecule has 3 aliphatic rings. The van der Waals surface area contributed by atoms with Crippen molar-refractivity contribution in [3.05, 3.63) is 12.3 Å². The molecule has 6 N–H and O–H groups in total. The SMILES string of the molecule is CC(=O)O[C@@]1(C)C[C@@H](O)[C@]2(O)C=CO[C@@H](O[C@H]3O[C@@H](CO)[C@H](O)[C@@H](O)[C@@H]3O)[C@@H]21. The van der Waals surface area contributed by atoms with E-state index < -0.39 is 72.8 Å². The molecule has 0 aromatic heterocycles. The Labute approximate surface area is 160 Å². The molecule has 11 heteroatoms. The van der Waals surface area contributed by atoms with Gasteiger partial charge in [0.05, 0.1) is 24.9 Å². The molecule has 0 unspecified atom stereocenters. The molecule has 10 atom stereocenters. The van der Waals surface area contributed by atoms with Gasteiger partial charge in [-0.15, -0.1) is 0 Å². The average Bonchev–Trinajstić information content (AvgIpc) is 2.81. The van der Waals surface area contributed by atoms with Crippen LogP contribution in [0.3, 0.4) is 0 Å². The van der Waals surface area contributed by atoms with E-state index in [1.807, 2.05) is 0 Å². The van der Waals surface area contributed by atoms with Gasteiger partial charge in [0.25, 0.3) is 0 Å². The summed E-state index contributed by atoms with van der Waals surface area (Å²) in [6.07, 6.45) is -8.06. The average molecular weight is 406 g/mol. The summed E-state index contributed by atoms with van der Waals surface area (Å²) in [7, 11) is 0. The maximum Gasteiger partial charge on any atom is 0.303 e. The molecule has 160 valence electrons. The molecule has 0 amide bonds. The summed E-state index contributed by atoms with van der Waals surface area (Å²) in [5.74, 6) is -1.74. The van der Waals surface area contributed by atoms with Gasteiger partial charge in [-0.2, -0.15) is 0 Å². The zero-order chi connectivity index (χ0) is 20.9. The molecule has 0 bridgehead atoms. The van der Waals surface area contributed by atoms with E-state index in [1.165, 1.54) is 19.9 Å². The monoisotopic (exact) mass is 406 g/mol. The summed E-state index contributed by atoms with van der Waals surface area (Å²) >= 11 is 0. The van der Waals surface area contributed by atoms with Gasteiger partial charge in [-0.1, -0.05) is 0 Å². The second-order valence-electron chi connectivity index (χ2n) is 7.63. The molecular weight excluding hydrogens is 380 g/mol. The van der Waals surface area contributed by atoms with E-state index >= 15 is 0 Å². The van der Waals surface area contributed by atoms with Crippen LogP contribution < -0.4 is 0 Å². The van der Waals surface area contributed by atoms with Crippen LogP contribution in [0.25, 0.3) is 0 Å². The highest BCUT2D eigenvalue weighted by Crippen LogP contribution is 2.51. The minimum atomic E-state index is -1.85. The molecule has 0 aromatic rings. The molecule has 0 spiro atoms. The van der Waals surface area contributed by atoms with Crippen molar-refractivity contribution in [2.45, 2.75) is 74.6 Å². The van der Waals surface area contributed by atoms with Crippen LogP contribution in [-0.4, -0.2) is 97.5 Å². The van der Waals surface area contributed by atoms with Gasteiger partial charge in [0.15, 0.2) is 6.29 Å². The van der Waals surface area contributed by atoms with E-state index in [0.29, 0.717) is 0 Å². The van der Waals surface area contributed by atoms with Crippen molar-refractivity contribution in [2.24, 2.45) is 5.92 Å². The Balaban J connectivity index is 1.87. The molecule has 28 heavy (non-hydrogen) atoms. The van der Waals surface area contributed by atoms with Gasteiger partial charge in [0.2, 0.25) is 6.29 Å². The van der Waals surface area contributed by atoms with Crippen LogP contribution >= 0.6 is 0 Å². The first kappa shape index (κ1) is 21.4.